The molecule has 0 N–H and O–H groups in total. The van der Waals surface area contributed by atoms with Crippen molar-refractivity contribution in [3.05, 3.63) is 64.6 Å². The summed E-state index contributed by atoms with van der Waals surface area (Å²) in [6.45, 7) is 2.85. The van der Waals surface area contributed by atoms with Crippen LogP contribution in [0.2, 0.25) is 0 Å². The maximum atomic E-state index is 12.0. The average molecular weight is 257 g/mol. The highest BCUT2D eigenvalue weighted by Crippen LogP contribution is 2.29. The third kappa shape index (κ3) is 2.53. The third-order valence-corrected chi connectivity index (χ3v) is 3.20. The summed E-state index contributed by atoms with van der Waals surface area (Å²) in [4.78, 5) is 0. The van der Waals surface area contributed by atoms with Gasteiger partial charge in [0.05, 0.1) is 6.61 Å². The molecule has 3 rings (SSSR count). The molecule has 0 amide bonds. The van der Waals surface area contributed by atoms with Gasteiger partial charge in [0.2, 0.25) is 11.4 Å². The van der Waals surface area contributed by atoms with Crippen molar-refractivity contribution in [3.63, 3.8) is 0 Å². The van der Waals surface area contributed by atoms with Gasteiger partial charge in [-0.05, 0) is 11.6 Å². The zero-order valence-corrected chi connectivity index (χ0v) is 10.7. The molecule has 98 valence electrons. The Morgan fingerprint density at radius 3 is 2.68 bits per heavy atom. The second kappa shape index (κ2) is 4.90. The van der Waals surface area contributed by atoms with Gasteiger partial charge in [0.1, 0.15) is 6.61 Å². The molecule has 2 aromatic rings. The van der Waals surface area contributed by atoms with Crippen LogP contribution in [0.15, 0.2) is 42.5 Å². The first-order chi connectivity index (χ1) is 9.25. The van der Waals surface area contributed by atoms with Crippen molar-refractivity contribution in [1.29, 1.82) is 0 Å². The van der Waals surface area contributed by atoms with E-state index in [1.165, 1.54) is 0 Å². The van der Waals surface area contributed by atoms with E-state index in [1.807, 2.05) is 36.4 Å². The molecule has 0 aliphatic carbocycles. The van der Waals surface area contributed by atoms with Crippen molar-refractivity contribution < 1.29 is 14.2 Å². The molecule has 0 radical (unpaired) electrons. The molecule has 1 fully saturated rings. The molecule has 2 heterocycles. The summed E-state index contributed by atoms with van der Waals surface area (Å²) in [7, 11) is 0. The Kier molecular flexibility index (Phi) is 3.09. The number of nitrogens with zero attached hydrogens (tertiary/aromatic N) is 1. The van der Waals surface area contributed by atoms with Gasteiger partial charge in [-0.15, -0.1) is 0 Å². The zero-order chi connectivity index (χ0) is 13.2. The fourth-order valence-electron chi connectivity index (χ4n) is 1.99. The second-order valence-electron chi connectivity index (χ2n) is 4.60. The van der Waals surface area contributed by atoms with Gasteiger partial charge in [0, 0.05) is 13.0 Å². The lowest BCUT2D eigenvalue weighted by Gasteiger charge is -2.11. The fourth-order valence-corrected chi connectivity index (χ4v) is 1.99. The lowest BCUT2D eigenvalue weighted by molar-refractivity contribution is -0.622. The van der Waals surface area contributed by atoms with Crippen LogP contribution in [0.4, 0.5) is 0 Å². The minimum atomic E-state index is -0.0422. The highest BCUT2D eigenvalue weighted by molar-refractivity contribution is 5.26. The van der Waals surface area contributed by atoms with Gasteiger partial charge in [-0.3, -0.25) is 0 Å². The van der Waals surface area contributed by atoms with Crippen LogP contribution in [0.25, 0.3) is 0 Å². The van der Waals surface area contributed by atoms with E-state index in [9.17, 15) is 5.21 Å². The lowest BCUT2D eigenvalue weighted by atomic mass is 10.2. The number of ether oxygens (including phenoxy) is 2. The van der Waals surface area contributed by atoms with Gasteiger partial charge >= 0.3 is 0 Å². The SMILES string of the molecule is Cc1c(OCc2ccccc2)ccc(C2CO2)[n+]1[O-]. The molecular formula is C15H15NO3. The molecule has 1 atom stereocenters. The van der Waals surface area contributed by atoms with Crippen LogP contribution in [0.1, 0.15) is 23.1 Å². The first kappa shape index (κ1) is 12.0. The van der Waals surface area contributed by atoms with Crippen molar-refractivity contribution in [1.82, 2.24) is 0 Å². The number of hydrogen-bond donors (Lipinski definition) is 0. The summed E-state index contributed by atoms with van der Waals surface area (Å²) in [5, 5.41) is 12.0. The number of pyridine rings is 1. The van der Waals surface area contributed by atoms with Crippen molar-refractivity contribution in [2.75, 3.05) is 6.61 Å². The van der Waals surface area contributed by atoms with E-state index >= 15 is 0 Å². The summed E-state index contributed by atoms with van der Waals surface area (Å²) >= 11 is 0. The monoisotopic (exact) mass is 257 g/mol. The molecule has 4 heteroatoms. The summed E-state index contributed by atoms with van der Waals surface area (Å²) in [5.74, 6) is 0.614. The predicted molar refractivity (Wildman–Crippen MR) is 69.6 cm³/mol. The van der Waals surface area contributed by atoms with Crippen molar-refractivity contribution in [2.24, 2.45) is 0 Å². The van der Waals surface area contributed by atoms with Crippen LogP contribution < -0.4 is 9.47 Å². The maximum Gasteiger partial charge on any atom is 0.232 e. The first-order valence-corrected chi connectivity index (χ1v) is 6.27. The van der Waals surface area contributed by atoms with Gasteiger partial charge < -0.3 is 14.7 Å². The lowest BCUT2D eigenvalue weighted by Crippen LogP contribution is -2.35. The minimum absolute atomic E-state index is 0.0422. The molecule has 0 saturated carbocycles. The minimum Gasteiger partial charge on any atom is -0.618 e. The molecule has 4 nitrogen and oxygen atoms in total. The van der Waals surface area contributed by atoms with E-state index in [0.717, 1.165) is 10.3 Å². The predicted octanol–water partition coefficient (Wildman–Crippen LogP) is 2.28. The van der Waals surface area contributed by atoms with Crippen LogP contribution in [-0.2, 0) is 11.3 Å². The standard InChI is InChI=1S/C15H15NO3/c1-11-14(18-9-12-5-3-2-4-6-12)8-7-13(16(11)17)15-10-19-15/h2-8,15H,9-10H2,1H3. The zero-order valence-electron chi connectivity index (χ0n) is 10.7. The number of hydrogen-bond acceptors (Lipinski definition) is 3. The average Bonchev–Trinajstić information content (AvgIpc) is 3.26. The van der Waals surface area contributed by atoms with Crippen LogP contribution in [0, 0.1) is 12.1 Å². The molecule has 1 aromatic carbocycles. The van der Waals surface area contributed by atoms with E-state index in [0.29, 0.717) is 30.4 Å². The van der Waals surface area contributed by atoms with Crippen molar-refractivity contribution in [3.8, 4) is 5.75 Å². The van der Waals surface area contributed by atoms with Crippen LogP contribution in [-0.4, -0.2) is 6.61 Å². The Hall–Kier alpha value is -2.07. The number of aromatic nitrogens is 1. The molecule has 1 aliphatic rings. The summed E-state index contributed by atoms with van der Waals surface area (Å²) < 4.78 is 11.7. The topological polar surface area (TPSA) is 48.7 Å². The van der Waals surface area contributed by atoms with Gasteiger partial charge in [0.15, 0.2) is 11.9 Å². The summed E-state index contributed by atoms with van der Waals surface area (Å²) in [5.41, 5.74) is 2.31. The molecular weight excluding hydrogens is 242 g/mol. The van der Waals surface area contributed by atoms with E-state index < -0.39 is 0 Å². The summed E-state index contributed by atoms with van der Waals surface area (Å²) in [6.07, 6.45) is -0.0422. The van der Waals surface area contributed by atoms with Crippen LogP contribution >= 0.6 is 0 Å². The smallest absolute Gasteiger partial charge is 0.232 e. The van der Waals surface area contributed by atoms with Gasteiger partial charge in [-0.1, -0.05) is 30.3 Å². The quantitative estimate of drug-likeness (QED) is 0.479. The number of epoxide rings is 1. The van der Waals surface area contributed by atoms with Crippen LogP contribution in [0.5, 0.6) is 5.75 Å². The van der Waals surface area contributed by atoms with Gasteiger partial charge in [-0.2, -0.15) is 4.73 Å². The van der Waals surface area contributed by atoms with E-state index in [1.54, 1.807) is 13.0 Å². The van der Waals surface area contributed by atoms with E-state index in [-0.39, 0.29) is 6.10 Å². The normalized spacial score (nSPS) is 17.2. The molecule has 1 aromatic heterocycles. The van der Waals surface area contributed by atoms with Crippen LogP contribution in [0.3, 0.4) is 0 Å². The Morgan fingerprint density at radius 2 is 2.00 bits per heavy atom. The molecule has 1 unspecified atom stereocenters. The summed E-state index contributed by atoms with van der Waals surface area (Å²) in [6, 6.07) is 13.5. The van der Waals surface area contributed by atoms with Crippen molar-refractivity contribution >= 4 is 0 Å². The Bertz CT molecular complexity index is 579. The maximum absolute atomic E-state index is 12.0. The Morgan fingerprint density at radius 1 is 1.26 bits per heavy atom. The number of rotatable bonds is 4. The first-order valence-electron chi connectivity index (χ1n) is 6.27. The van der Waals surface area contributed by atoms with E-state index in [4.69, 9.17) is 9.47 Å². The molecule has 19 heavy (non-hydrogen) atoms. The molecule has 0 spiro atoms. The highest BCUT2D eigenvalue weighted by atomic mass is 16.6. The van der Waals surface area contributed by atoms with Gasteiger partial charge in [0.25, 0.3) is 0 Å². The third-order valence-electron chi connectivity index (χ3n) is 3.20. The number of benzene rings is 1. The molecule has 0 bridgehead atoms. The Labute approximate surface area is 111 Å². The second-order valence-corrected chi connectivity index (χ2v) is 4.60. The molecule has 1 saturated heterocycles. The van der Waals surface area contributed by atoms with E-state index in [2.05, 4.69) is 0 Å². The fraction of sp³-hybridized carbons (Fsp3) is 0.267. The molecule has 1 aliphatic heterocycles. The largest absolute Gasteiger partial charge is 0.618 e. The van der Waals surface area contributed by atoms with Gasteiger partial charge in [-0.25, -0.2) is 0 Å². The highest BCUT2D eigenvalue weighted by Gasteiger charge is 2.33. The Balaban J connectivity index is 1.76. The van der Waals surface area contributed by atoms with Crippen molar-refractivity contribution in [2.45, 2.75) is 19.6 Å².